The van der Waals surface area contributed by atoms with Gasteiger partial charge in [-0.1, -0.05) is 60.7 Å². The van der Waals surface area contributed by atoms with E-state index in [1.807, 2.05) is 74.5 Å². The van der Waals surface area contributed by atoms with Gasteiger partial charge in [-0.2, -0.15) is 0 Å². The van der Waals surface area contributed by atoms with Crippen molar-refractivity contribution in [1.82, 2.24) is 0 Å². The van der Waals surface area contributed by atoms with E-state index in [-0.39, 0.29) is 12.2 Å². The van der Waals surface area contributed by atoms with E-state index in [1.54, 1.807) is 0 Å². The Morgan fingerprint density at radius 2 is 1.13 bits per heavy atom. The van der Waals surface area contributed by atoms with Gasteiger partial charge >= 0.3 is 6.16 Å². The Morgan fingerprint density at radius 1 is 0.739 bits per heavy atom. The van der Waals surface area contributed by atoms with Crippen molar-refractivity contribution < 1.29 is 18.9 Å². The second-order valence-electron chi connectivity index (χ2n) is 5.26. The van der Waals surface area contributed by atoms with Gasteiger partial charge < -0.3 is 9.47 Å². The van der Waals surface area contributed by atoms with Crippen LogP contribution < -0.4 is 0 Å². The van der Waals surface area contributed by atoms with Crippen molar-refractivity contribution in [2.24, 2.45) is 0 Å². The minimum absolute atomic E-state index is 0.295. The van der Waals surface area contributed by atoms with Crippen LogP contribution in [0.25, 0.3) is 0 Å². The molecule has 3 rings (SSSR count). The van der Waals surface area contributed by atoms with Gasteiger partial charge in [0.05, 0.1) is 13.2 Å². The molecule has 0 aliphatic carbocycles. The van der Waals surface area contributed by atoms with Crippen molar-refractivity contribution in [3.8, 4) is 0 Å². The van der Waals surface area contributed by atoms with Gasteiger partial charge in [-0.15, -0.1) is 0 Å². The maximum absolute atomic E-state index is 6.12. The van der Waals surface area contributed by atoms with Crippen molar-refractivity contribution in [3.63, 3.8) is 0 Å². The fraction of sp³-hybridized carbons (Fsp3) is 0.368. The second-order valence-corrected chi connectivity index (χ2v) is 5.26. The molecule has 0 unspecified atom stereocenters. The third-order valence-electron chi connectivity index (χ3n) is 3.72. The predicted molar refractivity (Wildman–Crippen MR) is 86.5 cm³/mol. The average molecular weight is 314 g/mol. The molecule has 0 spiro atoms. The molecule has 0 saturated carbocycles. The molecule has 2 aromatic carbocycles. The number of rotatable bonds is 6. The molecule has 0 aromatic heterocycles. The lowest BCUT2D eigenvalue weighted by Crippen LogP contribution is -2.37. The Labute approximate surface area is 136 Å². The van der Waals surface area contributed by atoms with Gasteiger partial charge in [0.2, 0.25) is 0 Å². The highest BCUT2D eigenvalue weighted by Crippen LogP contribution is 2.48. The zero-order valence-corrected chi connectivity index (χ0v) is 13.5. The van der Waals surface area contributed by atoms with Gasteiger partial charge in [0.15, 0.2) is 0 Å². The molecule has 1 aliphatic heterocycles. The van der Waals surface area contributed by atoms with Crippen molar-refractivity contribution in [2.75, 3.05) is 13.2 Å². The minimum Gasteiger partial charge on any atom is -0.304 e. The summed E-state index contributed by atoms with van der Waals surface area (Å²) < 4.78 is 23.6. The Morgan fingerprint density at radius 3 is 1.48 bits per heavy atom. The highest BCUT2D eigenvalue weighted by atomic mass is 17.0. The summed E-state index contributed by atoms with van der Waals surface area (Å²) in [6.07, 6.45) is -2.04. The lowest BCUT2D eigenvalue weighted by atomic mass is 9.99. The number of benzene rings is 2. The van der Waals surface area contributed by atoms with Crippen LogP contribution in [0.3, 0.4) is 0 Å². The van der Waals surface area contributed by atoms with Gasteiger partial charge in [-0.3, -0.25) is 9.47 Å². The fourth-order valence-corrected chi connectivity index (χ4v) is 2.76. The van der Waals surface area contributed by atoms with E-state index < -0.39 is 6.16 Å². The van der Waals surface area contributed by atoms with E-state index in [0.717, 1.165) is 11.1 Å². The molecule has 0 amide bonds. The van der Waals surface area contributed by atoms with Crippen molar-refractivity contribution in [2.45, 2.75) is 32.2 Å². The standard InChI is InChI=1S/C19H22O4/c1-3-20-19(21-4-2)22-17(15-11-7-5-8-12-15)18(23-19)16-13-9-6-10-14-16/h5-14,17-18H,3-4H2,1-2H3/t17-,18-/m0/s1. The Kier molecular flexibility index (Phi) is 5.08. The summed E-state index contributed by atoms with van der Waals surface area (Å²) in [5, 5.41) is 0. The van der Waals surface area contributed by atoms with E-state index >= 15 is 0 Å². The first-order chi connectivity index (χ1) is 11.3. The van der Waals surface area contributed by atoms with Gasteiger partial charge in [0.25, 0.3) is 0 Å². The molecule has 23 heavy (non-hydrogen) atoms. The Hall–Kier alpha value is -1.72. The Bertz CT molecular complexity index is 544. The monoisotopic (exact) mass is 314 g/mol. The molecule has 1 saturated heterocycles. The summed E-state index contributed by atoms with van der Waals surface area (Å²) in [5.74, 6) is 0. The lowest BCUT2D eigenvalue weighted by Gasteiger charge is -2.25. The highest BCUT2D eigenvalue weighted by Gasteiger charge is 2.51. The number of hydrogen-bond donors (Lipinski definition) is 0. The van der Waals surface area contributed by atoms with Crippen LogP contribution >= 0.6 is 0 Å². The summed E-state index contributed by atoms with van der Waals surface area (Å²) in [5.41, 5.74) is 2.06. The first kappa shape index (κ1) is 16.1. The van der Waals surface area contributed by atoms with Crippen LogP contribution in [0.1, 0.15) is 37.2 Å². The van der Waals surface area contributed by atoms with Crippen molar-refractivity contribution in [3.05, 3.63) is 71.8 Å². The minimum atomic E-state index is -1.45. The maximum Gasteiger partial charge on any atom is 0.414 e. The number of hydrogen-bond acceptors (Lipinski definition) is 4. The van der Waals surface area contributed by atoms with Crippen LogP contribution in [0.5, 0.6) is 0 Å². The highest BCUT2D eigenvalue weighted by molar-refractivity contribution is 5.26. The molecule has 4 nitrogen and oxygen atoms in total. The molecule has 1 fully saturated rings. The normalized spacial score (nSPS) is 23.0. The summed E-state index contributed by atoms with van der Waals surface area (Å²) in [7, 11) is 0. The fourth-order valence-electron chi connectivity index (χ4n) is 2.76. The first-order valence-electron chi connectivity index (χ1n) is 8.01. The predicted octanol–water partition coefficient (Wildman–Crippen LogP) is 4.20. The van der Waals surface area contributed by atoms with E-state index in [9.17, 15) is 0 Å². The summed E-state index contributed by atoms with van der Waals surface area (Å²) in [4.78, 5) is 0. The van der Waals surface area contributed by atoms with Gasteiger partial charge in [-0.25, -0.2) is 0 Å². The summed E-state index contributed by atoms with van der Waals surface area (Å²) in [6.45, 7) is 4.65. The van der Waals surface area contributed by atoms with Gasteiger partial charge in [0.1, 0.15) is 12.2 Å². The molecule has 4 heteroatoms. The van der Waals surface area contributed by atoms with Crippen LogP contribution in [-0.2, 0) is 18.9 Å². The number of ether oxygens (including phenoxy) is 4. The lowest BCUT2D eigenvalue weighted by molar-refractivity contribution is -0.469. The quantitative estimate of drug-likeness (QED) is 0.749. The third kappa shape index (κ3) is 3.46. The van der Waals surface area contributed by atoms with Crippen LogP contribution in [0.2, 0.25) is 0 Å². The molecule has 2 atom stereocenters. The van der Waals surface area contributed by atoms with Gasteiger partial charge in [0, 0.05) is 0 Å². The van der Waals surface area contributed by atoms with Crippen molar-refractivity contribution >= 4 is 0 Å². The van der Waals surface area contributed by atoms with Crippen LogP contribution in [0, 0.1) is 0 Å². The van der Waals surface area contributed by atoms with Gasteiger partial charge in [-0.05, 0) is 25.0 Å². The zero-order chi connectivity index (χ0) is 16.1. The Balaban J connectivity index is 1.96. The van der Waals surface area contributed by atoms with Crippen LogP contribution in [-0.4, -0.2) is 19.4 Å². The molecule has 122 valence electrons. The second kappa shape index (κ2) is 7.23. The largest absolute Gasteiger partial charge is 0.414 e. The average Bonchev–Trinajstić information content (AvgIpc) is 2.97. The molecule has 0 N–H and O–H groups in total. The smallest absolute Gasteiger partial charge is 0.304 e. The molecule has 0 bridgehead atoms. The summed E-state index contributed by atoms with van der Waals surface area (Å²) in [6, 6.07) is 20.0. The van der Waals surface area contributed by atoms with Crippen LogP contribution in [0.15, 0.2) is 60.7 Å². The zero-order valence-electron chi connectivity index (χ0n) is 13.5. The summed E-state index contributed by atoms with van der Waals surface area (Å²) >= 11 is 0. The molecule has 1 aliphatic rings. The van der Waals surface area contributed by atoms with Crippen molar-refractivity contribution in [1.29, 1.82) is 0 Å². The molecule has 0 radical (unpaired) electrons. The molecular weight excluding hydrogens is 292 g/mol. The first-order valence-corrected chi connectivity index (χ1v) is 8.01. The molecule has 1 heterocycles. The van der Waals surface area contributed by atoms with E-state index in [0.29, 0.717) is 13.2 Å². The van der Waals surface area contributed by atoms with E-state index in [1.165, 1.54) is 0 Å². The van der Waals surface area contributed by atoms with E-state index in [2.05, 4.69) is 0 Å². The topological polar surface area (TPSA) is 36.9 Å². The van der Waals surface area contributed by atoms with E-state index in [4.69, 9.17) is 18.9 Å². The SMILES string of the molecule is CCOC1(OCC)O[C@@H](c2ccccc2)[C@H](c2ccccc2)O1. The third-order valence-corrected chi connectivity index (χ3v) is 3.72. The molecule has 2 aromatic rings. The molecular formula is C19H22O4. The van der Waals surface area contributed by atoms with Crippen LogP contribution in [0.4, 0.5) is 0 Å². The maximum atomic E-state index is 6.12.